The van der Waals surface area contributed by atoms with Crippen LogP contribution in [0.5, 0.6) is 0 Å². The van der Waals surface area contributed by atoms with Gasteiger partial charge in [0.1, 0.15) is 11.4 Å². The smallest absolute Gasteiger partial charge is 0.253 e. The van der Waals surface area contributed by atoms with Crippen LogP contribution in [-0.4, -0.2) is 70.7 Å². The minimum Gasteiger partial charge on any atom is -0.380 e. The van der Waals surface area contributed by atoms with E-state index in [1.54, 1.807) is 0 Å². The van der Waals surface area contributed by atoms with Crippen molar-refractivity contribution in [2.24, 2.45) is 5.92 Å². The van der Waals surface area contributed by atoms with Gasteiger partial charge in [-0.2, -0.15) is 0 Å². The van der Waals surface area contributed by atoms with Crippen molar-refractivity contribution >= 4 is 11.4 Å². The van der Waals surface area contributed by atoms with Gasteiger partial charge in [-0.1, -0.05) is 13.8 Å². The van der Waals surface area contributed by atoms with E-state index >= 15 is 0 Å². The van der Waals surface area contributed by atoms with Gasteiger partial charge in [-0.15, -0.1) is 0 Å². The molecule has 0 saturated carbocycles. The second-order valence-corrected chi connectivity index (χ2v) is 7.79. The molecule has 0 heterocycles. The summed E-state index contributed by atoms with van der Waals surface area (Å²) in [6.45, 7) is 8.58. The number of hydrogen-bond donors (Lipinski definition) is 1. The average Bonchev–Trinajstić information content (AvgIpc) is 2.51. The lowest BCUT2D eigenvalue weighted by atomic mass is 10.1. The Kier molecular flexibility index (Phi) is 9.14. The van der Waals surface area contributed by atoms with Crippen molar-refractivity contribution in [2.45, 2.75) is 33.1 Å². The largest absolute Gasteiger partial charge is 0.380 e. The maximum atomic E-state index is 12.2. The molecule has 0 amide bonds. The van der Waals surface area contributed by atoms with Crippen molar-refractivity contribution < 1.29 is 1.43 Å². The molecule has 0 aromatic heterocycles. The van der Waals surface area contributed by atoms with Crippen molar-refractivity contribution in [3.63, 3.8) is 0 Å². The highest BCUT2D eigenvalue weighted by molar-refractivity contribution is 5.75. The van der Waals surface area contributed by atoms with Crippen LogP contribution >= 0.6 is 0 Å². The zero-order valence-corrected chi connectivity index (χ0v) is 16.9. The van der Waals surface area contributed by atoms with Gasteiger partial charge in [0.25, 0.3) is 10.9 Å². The van der Waals surface area contributed by atoms with E-state index in [1.807, 2.05) is 28.2 Å². The molecular weight excluding hydrogens is 316 g/mol. The van der Waals surface area contributed by atoms with E-state index in [0.717, 1.165) is 52.0 Å². The van der Waals surface area contributed by atoms with Gasteiger partial charge in [0.2, 0.25) is 0 Å². The van der Waals surface area contributed by atoms with Crippen molar-refractivity contribution in [3.05, 3.63) is 20.4 Å². The molecule has 1 aromatic rings. The van der Waals surface area contributed by atoms with E-state index in [1.165, 1.54) is 0 Å². The predicted molar refractivity (Wildman–Crippen MR) is 110 cm³/mol. The van der Waals surface area contributed by atoms with E-state index in [2.05, 4.69) is 33.9 Å². The second-order valence-electron chi connectivity index (χ2n) is 7.79. The third-order valence-corrected chi connectivity index (χ3v) is 4.29. The molecule has 0 saturated heterocycles. The molecule has 146 valence electrons. The Bertz CT molecular complexity index is 566. The zero-order valence-electron chi connectivity index (χ0n) is 16.9. The molecular formula is C19H38N4O2. The molecule has 0 spiro atoms. The Hall–Kier alpha value is -1.40. The normalized spacial score (nSPS) is 11.9. The lowest BCUT2D eigenvalue weighted by molar-refractivity contribution is 0.390. The predicted octanol–water partition coefficient (Wildman–Crippen LogP) is 1.70. The number of nitrogens with one attached hydrogen (secondary N) is 1. The molecule has 1 N–H and O–H groups in total. The van der Waals surface area contributed by atoms with Crippen LogP contribution in [0.2, 0.25) is 0 Å². The minimum atomic E-state index is -0.357. The Morgan fingerprint density at radius 3 is 1.84 bits per heavy atom. The van der Waals surface area contributed by atoms with Gasteiger partial charge in [0.15, 0.2) is 0 Å². The number of nitrogens with zero attached hydrogens (tertiary/aromatic N) is 3. The fourth-order valence-corrected chi connectivity index (χ4v) is 2.82. The topological polar surface area (TPSA) is 55.9 Å². The fourth-order valence-electron chi connectivity index (χ4n) is 2.82. The van der Waals surface area contributed by atoms with Gasteiger partial charge in [-0.3, -0.25) is 9.59 Å². The first-order valence-electron chi connectivity index (χ1n) is 9.35. The Labute approximate surface area is 154 Å². The lowest BCUT2D eigenvalue weighted by Crippen LogP contribution is -2.44. The van der Waals surface area contributed by atoms with Gasteiger partial charge < -0.3 is 20.0 Å². The van der Waals surface area contributed by atoms with Crippen molar-refractivity contribution in [1.82, 2.24) is 9.80 Å². The third-order valence-electron chi connectivity index (χ3n) is 4.29. The molecule has 1 aromatic carbocycles. The van der Waals surface area contributed by atoms with Crippen LogP contribution in [0, 0.1) is 5.92 Å². The summed E-state index contributed by atoms with van der Waals surface area (Å²) in [6.07, 6.45) is 2.93. The van der Waals surface area contributed by atoms with Crippen LogP contribution in [0.15, 0.2) is 9.59 Å². The molecule has 6 heteroatoms. The summed E-state index contributed by atoms with van der Waals surface area (Å²) in [6, 6.07) is 0. The first-order chi connectivity index (χ1) is 11.7. The van der Waals surface area contributed by atoms with Crippen LogP contribution in [0.4, 0.5) is 11.4 Å². The molecule has 0 aliphatic carbocycles. The highest BCUT2D eigenvalue weighted by atomic mass is 16.2. The zero-order chi connectivity index (χ0) is 19.0. The summed E-state index contributed by atoms with van der Waals surface area (Å²) in [5.74, 6) is 0.568. The summed E-state index contributed by atoms with van der Waals surface area (Å²) < 4.78 is 0. The third kappa shape index (κ3) is 7.16. The molecule has 6 nitrogen and oxygen atoms in total. The van der Waals surface area contributed by atoms with Gasteiger partial charge in [0.05, 0.1) is 0 Å². The Morgan fingerprint density at radius 2 is 1.40 bits per heavy atom. The monoisotopic (exact) mass is 354 g/mol. The summed E-state index contributed by atoms with van der Waals surface area (Å²) in [7, 11) is 8.19. The first-order valence-corrected chi connectivity index (χ1v) is 9.35. The van der Waals surface area contributed by atoms with E-state index in [0.29, 0.717) is 17.3 Å². The van der Waals surface area contributed by atoms with E-state index in [4.69, 9.17) is 0 Å². The first kappa shape index (κ1) is 21.6. The van der Waals surface area contributed by atoms with Crippen LogP contribution in [0.3, 0.4) is 0 Å². The van der Waals surface area contributed by atoms with Crippen LogP contribution in [0.1, 0.15) is 34.5 Å². The summed E-state index contributed by atoms with van der Waals surface area (Å²) in [5, 5.41) is 3.21. The molecule has 0 unspecified atom stereocenters. The number of rotatable bonds is 13. The van der Waals surface area contributed by atoms with E-state index in [9.17, 15) is 9.59 Å². The van der Waals surface area contributed by atoms with Crippen LogP contribution in [-0.2, 0) is 0 Å². The SMILES string of the molecule is CC(C)CCNc1c(N(CCCN(C)C)CCCN(C)C)c(=O)c1=O.[HH]. The van der Waals surface area contributed by atoms with Crippen molar-refractivity contribution in [3.8, 4) is 0 Å². The summed E-state index contributed by atoms with van der Waals surface area (Å²) in [5.41, 5.74) is 0.442. The minimum absolute atomic E-state index is 0. The summed E-state index contributed by atoms with van der Waals surface area (Å²) in [4.78, 5) is 30.6. The van der Waals surface area contributed by atoms with Gasteiger partial charge in [-0.25, -0.2) is 0 Å². The quantitative estimate of drug-likeness (QED) is 0.544. The van der Waals surface area contributed by atoms with Gasteiger partial charge in [0, 0.05) is 21.1 Å². The van der Waals surface area contributed by atoms with Gasteiger partial charge in [-0.05, 0) is 66.5 Å². The number of hydrogen-bond acceptors (Lipinski definition) is 6. The average molecular weight is 355 g/mol. The molecule has 0 atom stereocenters. The highest BCUT2D eigenvalue weighted by Crippen LogP contribution is 2.21. The molecule has 0 radical (unpaired) electrons. The standard InChI is InChI=1S/C19H36N4O2.H2/c1-15(2)9-10-20-16-17(19(25)18(16)24)23(13-7-11-21(3)4)14-8-12-22(5)6;/h15,20H,7-14H2,1-6H3;1H. The maximum Gasteiger partial charge on any atom is 0.253 e. The van der Waals surface area contributed by atoms with Crippen molar-refractivity contribution in [2.75, 3.05) is 71.1 Å². The second kappa shape index (κ2) is 10.6. The molecule has 0 fully saturated rings. The summed E-state index contributed by atoms with van der Waals surface area (Å²) >= 11 is 0. The van der Waals surface area contributed by atoms with Gasteiger partial charge >= 0.3 is 0 Å². The van der Waals surface area contributed by atoms with Crippen LogP contribution < -0.4 is 21.1 Å². The van der Waals surface area contributed by atoms with Crippen LogP contribution in [0.25, 0.3) is 0 Å². The molecule has 0 aliphatic heterocycles. The highest BCUT2D eigenvalue weighted by Gasteiger charge is 2.25. The molecule has 1 rings (SSSR count). The van der Waals surface area contributed by atoms with E-state index < -0.39 is 0 Å². The Morgan fingerprint density at radius 1 is 0.880 bits per heavy atom. The molecule has 0 bridgehead atoms. The molecule has 25 heavy (non-hydrogen) atoms. The van der Waals surface area contributed by atoms with Crippen molar-refractivity contribution in [1.29, 1.82) is 0 Å². The fraction of sp³-hybridized carbons (Fsp3) is 0.789. The van der Waals surface area contributed by atoms with E-state index in [-0.39, 0.29) is 12.3 Å². The Balaban J connectivity index is 0.00000625. The maximum absolute atomic E-state index is 12.2. The molecule has 0 aliphatic rings. The number of anilines is 2. The lowest BCUT2D eigenvalue weighted by Gasteiger charge is -2.29.